The molecule has 1 saturated heterocycles. The Bertz CT molecular complexity index is 833. The molecule has 4 rings (SSSR count). The Morgan fingerprint density at radius 1 is 1.18 bits per heavy atom. The number of carbonyl (C=O) groups excluding carboxylic acids is 1. The number of ether oxygens (including phenoxy) is 2. The summed E-state index contributed by atoms with van der Waals surface area (Å²) in [5.41, 5.74) is 0.640. The van der Waals surface area contributed by atoms with E-state index in [9.17, 15) is 9.90 Å². The van der Waals surface area contributed by atoms with Crippen LogP contribution in [0.15, 0.2) is 24.3 Å². The second kappa shape index (κ2) is 9.55. The van der Waals surface area contributed by atoms with E-state index in [4.69, 9.17) is 9.47 Å². The van der Waals surface area contributed by atoms with Crippen molar-refractivity contribution in [3.05, 3.63) is 29.8 Å². The minimum atomic E-state index is -0.628. The Kier molecular flexibility index (Phi) is 7.09. The van der Waals surface area contributed by atoms with Gasteiger partial charge < -0.3 is 24.8 Å². The van der Waals surface area contributed by atoms with Crippen LogP contribution in [0.25, 0.3) is 0 Å². The fourth-order valence-electron chi connectivity index (χ4n) is 6.91. The van der Waals surface area contributed by atoms with Crippen LogP contribution in [-0.2, 0) is 16.1 Å². The number of hydrogen-bond donors (Lipinski definition) is 2. The van der Waals surface area contributed by atoms with Gasteiger partial charge in [-0.1, -0.05) is 32.0 Å². The smallest absolute Gasteiger partial charge is 0.222 e. The SMILES string of the molecule is COc1ccccc1CN[C@H]1CC(C)(C)[C@@H]2C[C@](C)(O)CC[C@@]12CCC(=O)N1CCOCC1. The first-order valence-corrected chi connectivity index (χ1v) is 12.6. The number of benzene rings is 1. The van der Waals surface area contributed by atoms with Crippen molar-refractivity contribution in [1.82, 2.24) is 10.2 Å². The number of rotatable bonds is 7. The van der Waals surface area contributed by atoms with E-state index < -0.39 is 5.60 Å². The molecule has 2 saturated carbocycles. The van der Waals surface area contributed by atoms with Gasteiger partial charge in [0.1, 0.15) is 5.75 Å². The number of aliphatic hydroxyl groups is 1. The normalized spacial score (nSPS) is 33.5. The van der Waals surface area contributed by atoms with Gasteiger partial charge in [-0.15, -0.1) is 0 Å². The van der Waals surface area contributed by atoms with Crippen LogP contribution in [0.4, 0.5) is 0 Å². The van der Waals surface area contributed by atoms with Gasteiger partial charge in [0.15, 0.2) is 0 Å². The highest BCUT2D eigenvalue weighted by Crippen LogP contribution is 2.64. The molecule has 2 aliphatic carbocycles. The van der Waals surface area contributed by atoms with E-state index in [1.165, 1.54) is 0 Å². The molecule has 6 nitrogen and oxygen atoms in total. The molecule has 0 unspecified atom stereocenters. The number of nitrogens with one attached hydrogen (secondary N) is 1. The molecule has 184 valence electrons. The zero-order chi connectivity index (χ0) is 23.7. The van der Waals surface area contributed by atoms with E-state index in [2.05, 4.69) is 31.3 Å². The lowest BCUT2D eigenvalue weighted by molar-refractivity contribution is -0.137. The molecule has 33 heavy (non-hydrogen) atoms. The summed E-state index contributed by atoms with van der Waals surface area (Å²) in [7, 11) is 1.72. The molecule has 2 N–H and O–H groups in total. The molecule has 1 heterocycles. The number of hydrogen-bond acceptors (Lipinski definition) is 5. The second-order valence-corrected chi connectivity index (χ2v) is 11.4. The summed E-state index contributed by atoms with van der Waals surface area (Å²) < 4.78 is 11.0. The average molecular weight is 459 g/mol. The Morgan fingerprint density at radius 2 is 1.91 bits per heavy atom. The van der Waals surface area contributed by atoms with Gasteiger partial charge in [0.25, 0.3) is 0 Å². The lowest BCUT2D eigenvalue weighted by atomic mass is 9.57. The molecule has 1 aromatic carbocycles. The fourth-order valence-corrected chi connectivity index (χ4v) is 6.91. The first-order valence-electron chi connectivity index (χ1n) is 12.6. The van der Waals surface area contributed by atoms with Crippen LogP contribution in [-0.4, -0.2) is 61.0 Å². The third kappa shape index (κ3) is 5.08. The topological polar surface area (TPSA) is 71.0 Å². The number of nitrogens with zero attached hydrogens (tertiary/aromatic N) is 1. The predicted octanol–water partition coefficient (Wildman–Crippen LogP) is 3.76. The zero-order valence-corrected chi connectivity index (χ0v) is 20.9. The highest BCUT2D eigenvalue weighted by Gasteiger charge is 2.61. The van der Waals surface area contributed by atoms with Gasteiger partial charge in [-0.2, -0.15) is 0 Å². The van der Waals surface area contributed by atoms with E-state index in [0.29, 0.717) is 44.7 Å². The molecular formula is C27H42N2O4. The summed E-state index contributed by atoms with van der Waals surface area (Å²) >= 11 is 0. The first-order chi connectivity index (χ1) is 15.7. The molecule has 3 fully saturated rings. The third-order valence-electron chi connectivity index (χ3n) is 8.73. The maximum Gasteiger partial charge on any atom is 0.222 e. The number of morpholine rings is 1. The Hall–Kier alpha value is -1.63. The maximum atomic E-state index is 13.1. The van der Waals surface area contributed by atoms with Crippen LogP contribution in [0.5, 0.6) is 5.75 Å². The van der Waals surface area contributed by atoms with E-state index >= 15 is 0 Å². The number of para-hydroxylation sites is 1. The largest absolute Gasteiger partial charge is 0.496 e. The van der Waals surface area contributed by atoms with E-state index in [0.717, 1.165) is 50.0 Å². The summed E-state index contributed by atoms with van der Waals surface area (Å²) in [4.78, 5) is 15.0. The Labute approximate surface area is 199 Å². The van der Waals surface area contributed by atoms with Crippen molar-refractivity contribution < 1.29 is 19.4 Å². The minimum absolute atomic E-state index is 0.00963. The van der Waals surface area contributed by atoms with E-state index in [1.807, 2.05) is 24.0 Å². The van der Waals surface area contributed by atoms with E-state index in [1.54, 1.807) is 7.11 Å². The highest BCUT2D eigenvalue weighted by molar-refractivity contribution is 5.76. The van der Waals surface area contributed by atoms with Gasteiger partial charge in [0.2, 0.25) is 5.91 Å². The van der Waals surface area contributed by atoms with Crippen LogP contribution in [0, 0.1) is 16.7 Å². The number of fused-ring (bicyclic) bond motifs is 1. The van der Waals surface area contributed by atoms with Gasteiger partial charge in [0, 0.05) is 37.7 Å². The van der Waals surface area contributed by atoms with Crippen LogP contribution in [0.2, 0.25) is 0 Å². The van der Waals surface area contributed by atoms with Crippen molar-refractivity contribution in [1.29, 1.82) is 0 Å². The molecule has 6 heteroatoms. The monoisotopic (exact) mass is 458 g/mol. The molecular weight excluding hydrogens is 416 g/mol. The summed E-state index contributed by atoms with van der Waals surface area (Å²) in [5, 5.41) is 14.9. The van der Waals surface area contributed by atoms with Gasteiger partial charge in [-0.25, -0.2) is 0 Å². The molecule has 1 aromatic rings. The van der Waals surface area contributed by atoms with Crippen molar-refractivity contribution in [3.8, 4) is 5.75 Å². The van der Waals surface area contributed by atoms with Gasteiger partial charge in [-0.3, -0.25) is 4.79 Å². The first kappa shape index (κ1) is 24.5. The summed E-state index contributed by atoms with van der Waals surface area (Å²) in [6.45, 7) is 10.1. The summed E-state index contributed by atoms with van der Waals surface area (Å²) in [5.74, 6) is 1.53. The van der Waals surface area contributed by atoms with Crippen molar-refractivity contribution in [3.63, 3.8) is 0 Å². The van der Waals surface area contributed by atoms with Crippen molar-refractivity contribution >= 4 is 5.91 Å². The Balaban J connectivity index is 1.55. The lowest BCUT2D eigenvalue weighted by Crippen LogP contribution is -2.51. The molecule has 1 amide bonds. The average Bonchev–Trinajstić information content (AvgIpc) is 3.02. The second-order valence-electron chi connectivity index (χ2n) is 11.4. The highest BCUT2D eigenvalue weighted by atomic mass is 16.5. The standard InChI is InChI=1S/C27H42N2O4/c1-25(2)18-23(28-19-20-7-5-6-8-21(20)32-4)27(12-11-26(3,31)17-22(25)27)10-9-24(30)29-13-15-33-16-14-29/h5-8,22-23,28,31H,9-19H2,1-4H3/t22-,23-,26+,27+/m0/s1. The third-order valence-corrected chi connectivity index (χ3v) is 8.73. The molecule has 1 aliphatic heterocycles. The van der Waals surface area contributed by atoms with Gasteiger partial charge >= 0.3 is 0 Å². The molecule has 0 radical (unpaired) electrons. The van der Waals surface area contributed by atoms with Gasteiger partial charge in [-0.05, 0) is 61.8 Å². The minimum Gasteiger partial charge on any atom is -0.496 e. The molecule has 0 bridgehead atoms. The molecule has 0 aromatic heterocycles. The Morgan fingerprint density at radius 3 is 2.64 bits per heavy atom. The van der Waals surface area contributed by atoms with Crippen LogP contribution in [0.3, 0.4) is 0 Å². The summed E-state index contributed by atoms with van der Waals surface area (Å²) in [6, 6.07) is 8.47. The van der Waals surface area contributed by atoms with Crippen molar-refractivity contribution in [2.24, 2.45) is 16.7 Å². The molecule has 3 aliphatic rings. The van der Waals surface area contributed by atoms with Crippen molar-refractivity contribution in [2.75, 3.05) is 33.4 Å². The maximum absolute atomic E-state index is 13.1. The van der Waals surface area contributed by atoms with Crippen molar-refractivity contribution in [2.45, 2.75) is 77.5 Å². The number of carbonyl (C=O) groups is 1. The van der Waals surface area contributed by atoms with Crippen LogP contribution < -0.4 is 10.1 Å². The lowest BCUT2D eigenvalue weighted by Gasteiger charge is -2.51. The number of amides is 1. The van der Waals surface area contributed by atoms with Gasteiger partial charge in [0.05, 0.1) is 25.9 Å². The molecule has 0 spiro atoms. The quantitative estimate of drug-likeness (QED) is 0.651. The van der Waals surface area contributed by atoms with Crippen LogP contribution in [0.1, 0.15) is 64.9 Å². The van der Waals surface area contributed by atoms with E-state index in [-0.39, 0.29) is 16.7 Å². The predicted molar refractivity (Wildman–Crippen MR) is 129 cm³/mol. The summed E-state index contributed by atoms with van der Waals surface area (Å²) in [6.07, 6.45) is 5.04. The number of methoxy groups -OCH3 is 1. The molecule has 4 atom stereocenters. The zero-order valence-electron chi connectivity index (χ0n) is 20.9. The fraction of sp³-hybridized carbons (Fsp3) is 0.741. The van der Waals surface area contributed by atoms with Crippen LogP contribution >= 0.6 is 0 Å².